The number of hydrogen-bond donors (Lipinski definition) is 1. The van der Waals surface area contributed by atoms with Crippen LogP contribution in [0.5, 0.6) is 5.75 Å². The van der Waals surface area contributed by atoms with E-state index in [9.17, 15) is 19.1 Å². The van der Waals surface area contributed by atoms with Gasteiger partial charge >= 0.3 is 0 Å². The Kier molecular flexibility index (Phi) is 9.72. The predicted molar refractivity (Wildman–Crippen MR) is 149 cm³/mol. The third-order valence-corrected chi connectivity index (χ3v) is 8.62. The Morgan fingerprint density at radius 3 is 2.42 bits per heavy atom. The molecule has 2 aromatic carbocycles. The molecule has 4 rings (SSSR count). The maximum Gasteiger partial charge on any atom is 0.167 e. The molecule has 1 N–H and O–H groups in total. The van der Waals surface area contributed by atoms with Crippen LogP contribution in [0.25, 0.3) is 0 Å². The van der Waals surface area contributed by atoms with E-state index in [-0.39, 0.29) is 35.0 Å². The zero-order valence-electron chi connectivity index (χ0n) is 23.2. The molecule has 206 valence electrons. The van der Waals surface area contributed by atoms with Gasteiger partial charge in [-0.2, -0.15) is 0 Å². The Morgan fingerprint density at radius 2 is 1.71 bits per heavy atom. The van der Waals surface area contributed by atoms with Gasteiger partial charge in [0.15, 0.2) is 5.78 Å². The average Bonchev–Trinajstić information content (AvgIpc) is 2.92. The standard InChI is InChI=1S/C32H43FN2O3/c1-22-26(15-10-16-29(22)33)30-27(31(37)23-11-5-4-6-12-23)20-35(18-8-7-17-34(2)3)21-28(30)32(38)24-13-9-14-25(36)19-24/h9-10,13-16,19,23,27-28,30,36H,4-8,11-12,17-18,20-21H2,1-3H3/t27-,28+,30+/m1/s1. The summed E-state index contributed by atoms with van der Waals surface area (Å²) in [4.78, 5) is 32.7. The number of piperidine rings is 1. The molecular weight excluding hydrogens is 479 g/mol. The first kappa shape index (κ1) is 28.4. The molecule has 1 saturated carbocycles. The van der Waals surface area contributed by atoms with Crippen molar-refractivity contribution in [3.63, 3.8) is 0 Å². The first-order valence-electron chi connectivity index (χ1n) is 14.2. The highest BCUT2D eigenvalue weighted by molar-refractivity contribution is 6.00. The Hall–Kier alpha value is -2.57. The number of ketones is 2. The van der Waals surface area contributed by atoms with Crippen LogP contribution >= 0.6 is 0 Å². The lowest BCUT2D eigenvalue weighted by atomic mass is 9.66. The highest BCUT2D eigenvalue weighted by Gasteiger charge is 2.46. The van der Waals surface area contributed by atoms with Crippen LogP contribution in [0.15, 0.2) is 42.5 Å². The summed E-state index contributed by atoms with van der Waals surface area (Å²) in [5.74, 6) is -1.37. The van der Waals surface area contributed by atoms with Gasteiger partial charge in [0.25, 0.3) is 0 Å². The monoisotopic (exact) mass is 522 g/mol. The molecule has 0 spiro atoms. The third-order valence-electron chi connectivity index (χ3n) is 8.62. The number of phenols is 1. The lowest BCUT2D eigenvalue weighted by Gasteiger charge is -2.44. The zero-order valence-corrected chi connectivity index (χ0v) is 23.2. The Balaban J connectivity index is 1.73. The number of phenolic OH excluding ortho intramolecular Hbond substituents is 1. The first-order chi connectivity index (χ1) is 18.3. The van der Waals surface area contributed by atoms with Crippen LogP contribution in [0.3, 0.4) is 0 Å². The quantitative estimate of drug-likeness (QED) is 0.314. The van der Waals surface area contributed by atoms with Crippen molar-refractivity contribution in [1.29, 1.82) is 0 Å². The van der Waals surface area contributed by atoms with E-state index in [0.29, 0.717) is 24.2 Å². The topological polar surface area (TPSA) is 60.9 Å². The van der Waals surface area contributed by atoms with Crippen LogP contribution in [-0.2, 0) is 4.79 Å². The van der Waals surface area contributed by atoms with Crippen LogP contribution in [-0.4, -0.2) is 66.7 Å². The van der Waals surface area contributed by atoms with Crippen LogP contribution in [0.2, 0.25) is 0 Å². The molecule has 2 fully saturated rings. The van der Waals surface area contributed by atoms with E-state index in [4.69, 9.17) is 0 Å². The van der Waals surface area contributed by atoms with Gasteiger partial charge in [-0.25, -0.2) is 4.39 Å². The molecule has 2 aliphatic rings. The van der Waals surface area contributed by atoms with Crippen molar-refractivity contribution < 1.29 is 19.1 Å². The minimum Gasteiger partial charge on any atom is -0.508 e. The normalized spacial score (nSPS) is 23.0. The number of rotatable bonds is 10. The number of Topliss-reactive ketones (excluding diaryl/α,β-unsaturated/α-hetero) is 2. The van der Waals surface area contributed by atoms with Crippen molar-refractivity contribution in [1.82, 2.24) is 9.80 Å². The van der Waals surface area contributed by atoms with Crippen LogP contribution in [0, 0.1) is 30.5 Å². The molecule has 38 heavy (non-hydrogen) atoms. The molecule has 1 heterocycles. The van der Waals surface area contributed by atoms with Gasteiger partial charge in [-0.1, -0.05) is 43.5 Å². The SMILES string of the molecule is Cc1c(F)cccc1[C@@H]1[C@@H](C(=O)c2cccc(O)c2)CN(CCCCN(C)C)C[C@H]1C(=O)C1CCCCC1. The predicted octanol–water partition coefficient (Wildman–Crippen LogP) is 5.85. The van der Waals surface area contributed by atoms with E-state index in [2.05, 4.69) is 23.9 Å². The summed E-state index contributed by atoms with van der Waals surface area (Å²) >= 11 is 0. The van der Waals surface area contributed by atoms with Crippen LogP contribution in [0.1, 0.15) is 72.3 Å². The van der Waals surface area contributed by atoms with Crippen LogP contribution in [0.4, 0.5) is 4.39 Å². The van der Waals surface area contributed by atoms with Crippen LogP contribution < -0.4 is 0 Å². The summed E-state index contributed by atoms with van der Waals surface area (Å²) < 4.78 is 14.9. The van der Waals surface area contributed by atoms with Gasteiger partial charge < -0.3 is 14.9 Å². The van der Waals surface area contributed by atoms with E-state index < -0.39 is 11.8 Å². The van der Waals surface area contributed by atoms with Gasteiger partial charge in [0, 0.05) is 42.3 Å². The maximum absolute atomic E-state index is 14.9. The van der Waals surface area contributed by atoms with Crippen molar-refractivity contribution in [3.8, 4) is 5.75 Å². The number of hydrogen-bond acceptors (Lipinski definition) is 5. The van der Waals surface area contributed by atoms with Gasteiger partial charge in [0.1, 0.15) is 17.3 Å². The Bertz CT molecular complexity index is 1110. The number of halogens is 1. The largest absolute Gasteiger partial charge is 0.508 e. The number of carbonyl (C=O) groups excluding carboxylic acids is 2. The van der Waals surface area contributed by atoms with Gasteiger partial charge in [0.2, 0.25) is 0 Å². The molecule has 1 saturated heterocycles. The number of nitrogens with zero attached hydrogens (tertiary/aromatic N) is 2. The number of likely N-dealkylation sites (tertiary alicyclic amines) is 1. The summed E-state index contributed by atoms with van der Waals surface area (Å²) in [6.45, 7) is 4.69. The highest BCUT2D eigenvalue weighted by atomic mass is 19.1. The minimum atomic E-state index is -0.502. The van der Waals surface area contributed by atoms with Crippen molar-refractivity contribution in [3.05, 3.63) is 65.0 Å². The number of unbranched alkanes of at least 4 members (excludes halogenated alkanes) is 1. The summed E-state index contributed by atoms with van der Waals surface area (Å²) in [6.07, 6.45) is 7.12. The first-order valence-corrected chi connectivity index (χ1v) is 14.2. The molecule has 6 heteroatoms. The molecule has 1 aliphatic carbocycles. The molecule has 0 aromatic heterocycles. The minimum absolute atomic E-state index is 0.00956. The van der Waals surface area contributed by atoms with Gasteiger partial charge in [0.05, 0.1) is 0 Å². The van der Waals surface area contributed by atoms with Crippen molar-refractivity contribution >= 4 is 11.6 Å². The highest BCUT2D eigenvalue weighted by Crippen LogP contribution is 2.44. The third kappa shape index (κ3) is 6.70. The summed E-state index contributed by atoms with van der Waals surface area (Å²) in [7, 11) is 4.13. The second-order valence-electron chi connectivity index (χ2n) is 11.6. The Labute approximate surface area is 227 Å². The van der Waals surface area contributed by atoms with Crippen molar-refractivity contribution in [2.24, 2.45) is 17.8 Å². The fraction of sp³-hybridized carbons (Fsp3) is 0.562. The molecule has 0 unspecified atom stereocenters. The molecular formula is C32H43FN2O3. The van der Waals surface area contributed by atoms with Gasteiger partial charge in [-0.05, 0) is 89.1 Å². The molecule has 2 aromatic rings. The fourth-order valence-corrected chi connectivity index (χ4v) is 6.58. The van der Waals surface area contributed by atoms with Crippen molar-refractivity contribution in [2.45, 2.75) is 57.8 Å². The molecule has 1 aliphatic heterocycles. The summed E-state index contributed by atoms with van der Waals surface area (Å²) in [5.41, 5.74) is 1.73. The smallest absolute Gasteiger partial charge is 0.167 e. The Morgan fingerprint density at radius 1 is 1.00 bits per heavy atom. The number of benzene rings is 2. The lowest BCUT2D eigenvalue weighted by Crippen LogP contribution is -2.52. The molecule has 0 radical (unpaired) electrons. The zero-order chi connectivity index (χ0) is 27.2. The molecule has 5 nitrogen and oxygen atoms in total. The van der Waals surface area contributed by atoms with E-state index in [0.717, 1.165) is 63.6 Å². The van der Waals surface area contributed by atoms with E-state index in [1.165, 1.54) is 12.1 Å². The van der Waals surface area contributed by atoms with E-state index in [1.807, 2.05) is 6.07 Å². The lowest BCUT2D eigenvalue weighted by molar-refractivity contribution is -0.131. The summed E-state index contributed by atoms with van der Waals surface area (Å²) in [6, 6.07) is 11.5. The second-order valence-corrected chi connectivity index (χ2v) is 11.6. The second kappa shape index (κ2) is 13.0. The fourth-order valence-electron chi connectivity index (χ4n) is 6.58. The van der Waals surface area contributed by atoms with E-state index in [1.54, 1.807) is 31.2 Å². The summed E-state index contributed by atoms with van der Waals surface area (Å²) in [5, 5.41) is 10.1. The van der Waals surface area contributed by atoms with Gasteiger partial charge in [-0.3, -0.25) is 9.59 Å². The molecule has 3 atom stereocenters. The number of carbonyl (C=O) groups is 2. The van der Waals surface area contributed by atoms with E-state index >= 15 is 0 Å². The average molecular weight is 523 g/mol. The van der Waals surface area contributed by atoms with Gasteiger partial charge in [-0.15, -0.1) is 0 Å². The van der Waals surface area contributed by atoms with Crippen molar-refractivity contribution in [2.75, 3.05) is 40.3 Å². The molecule has 0 amide bonds. The molecule has 0 bridgehead atoms. The maximum atomic E-state index is 14.9. The number of aromatic hydroxyl groups is 1.